The monoisotopic (exact) mass is 249 g/mol. The van der Waals surface area contributed by atoms with E-state index in [2.05, 4.69) is 6.58 Å². The van der Waals surface area contributed by atoms with E-state index in [0.29, 0.717) is 24.4 Å². The van der Waals surface area contributed by atoms with Crippen molar-refractivity contribution in [3.8, 4) is 5.75 Å². The van der Waals surface area contributed by atoms with Crippen molar-refractivity contribution in [1.82, 2.24) is 0 Å². The zero-order chi connectivity index (χ0) is 13.5. The third-order valence-electron chi connectivity index (χ3n) is 2.64. The molecule has 0 fully saturated rings. The Labute approximate surface area is 107 Å². The maximum Gasteiger partial charge on any atom is 0.165 e. The van der Waals surface area contributed by atoms with Gasteiger partial charge in [-0.3, -0.25) is 4.79 Å². The quantitative estimate of drug-likeness (QED) is 0.592. The van der Waals surface area contributed by atoms with E-state index in [-0.39, 0.29) is 12.4 Å². The molecule has 1 aromatic rings. The van der Waals surface area contributed by atoms with Crippen molar-refractivity contribution in [3.05, 3.63) is 36.4 Å². The minimum Gasteiger partial charge on any atom is -0.496 e. The first kappa shape index (κ1) is 14.3. The number of benzene rings is 1. The summed E-state index contributed by atoms with van der Waals surface area (Å²) in [5, 5.41) is 9.09. The topological polar surface area (TPSA) is 49.8 Å². The lowest BCUT2D eigenvalue weighted by Crippen LogP contribution is -2.28. The van der Waals surface area contributed by atoms with E-state index in [1.165, 1.54) is 14.0 Å². The predicted octanol–water partition coefficient (Wildman–Crippen LogP) is 1.88. The Morgan fingerprint density at radius 2 is 2.28 bits per heavy atom. The third-order valence-corrected chi connectivity index (χ3v) is 2.64. The van der Waals surface area contributed by atoms with E-state index in [9.17, 15) is 4.79 Å². The van der Waals surface area contributed by atoms with Crippen molar-refractivity contribution >= 4 is 11.5 Å². The summed E-state index contributed by atoms with van der Waals surface area (Å²) < 4.78 is 5.22. The molecule has 0 unspecified atom stereocenters. The van der Waals surface area contributed by atoms with Crippen LogP contribution in [-0.2, 0) is 0 Å². The fourth-order valence-corrected chi connectivity index (χ4v) is 1.89. The zero-order valence-corrected chi connectivity index (χ0v) is 10.8. The van der Waals surface area contributed by atoms with Crippen molar-refractivity contribution in [3.63, 3.8) is 0 Å². The SMILES string of the molecule is C=CCN(CCO)c1cccc(OC)c1C(C)=O. The molecule has 98 valence electrons. The number of aliphatic hydroxyl groups is 1. The fourth-order valence-electron chi connectivity index (χ4n) is 1.89. The highest BCUT2D eigenvalue weighted by Gasteiger charge is 2.17. The number of ketones is 1. The van der Waals surface area contributed by atoms with Crippen molar-refractivity contribution in [1.29, 1.82) is 0 Å². The van der Waals surface area contributed by atoms with Gasteiger partial charge in [0, 0.05) is 13.1 Å². The number of nitrogens with zero attached hydrogens (tertiary/aromatic N) is 1. The molecule has 1 rings (SSSR count). The van der Waals surface area contributed by atoms with Crippen LogP contribution in [0.5, 0.6) is 5.75 Å². The Balaban J connectivity index is 3.27. The molecule has 4 nitrogen and oxygen atoms in total. The van der Waals surface area contributed by atoms with Crippen molar-refractivity contribution in [2.45, 2.75) is 6.92 Å². The van der Waals surface area contributed by atoms with Gasteiger partial charge in [-0.25, -0.2) is 0 Å². The summed E-state index contributed by atoms with van der Waals surface area (Å²) in [4.78, 5) is 13.7. The molecule has 0 spiro atoms. The van der Waals surface area contributed by atoms with E-state index in [1.54, 1.807) is 12.1 Å². The second-order valence-corrected chi connectivity index (χ2v) is 3.87. The van der Waals surface area contributed by atoms with E-state index in [0.717, 1.165) is 5.69 Å². The van der Waals surface area contributed by atoms with Crippen LogP contribution < -0.4 is 9.64 Å². The lowest BCUT2D eigenvalue weighted by Gasteiger charge is -2.25. The molecule has 0 saturated carbocycles. The van der Waals surface area contributed by atoms with Crippen LogP contribution in [0, 0.1) is 0 Å². The molecule has 0 radical (unpaired) electrons. The van der Waals surface area contributed by atoms with Gasteiger partial charge >= 0.3 is 0 Å². The third kappa shape index (κ3) is 3.11. The Morgan fingerprint density at radius 3 is 2.78 bits per heavy atom. The van der Waals surface area contributed by atoms with Crippen molar-refractivity contribution in [2.24, 2.45) is 0 Å². The minimum absolute atomic E-state index is 0.0163. The first-order valence-corrected chi connectivity index (χ1v) is 5.80. The number of aliphatic hydroxyl groups excluding tert-OH is 1. The summed E-state index contributed by atoms with van der Waals surface area (Å²) in [6.45, 7) is 6.22. The Bertz CT molecular complexity index is 429. The molecule has 0 heterocycles. The number of methoxy groups -OCH3 is 1. The van der Waals surface area contributed by atoms with Crippen molar-refractivity contribution in [2.75, 3.05) is 31.7 Å². The van der Waals surface area contributed by atoms with Crippen LogP contribution in [0.25, 0.3) is 0 Å². The molecule has 1 N–H and O–H groups in total. The van der Waals surface area contributed by atoms with Gasteiger partial charge in [0.1, 0.15) is 5.75 Å². The molecule has 4 heteroatoms. The minimum atomic E-state index is -0.0607. The molecule has 0 aliphatic heterocycles. The molecule has 0 aliphatic rings. The highest BCUT2D eigenvalue weighted by atomic mass is 16.5. The number of anilines is 1. The predicted molar refractivity (Wildman–Crippen MR) is 72.5 cm³/mol. The Kier molecular flexibility index (Phi) is 5.39. The maximum atomic E-state index is 11.8. The highest BCUT2D eigenvalue weighted by Crippen LogP contribution is 2.29. The van der Waals surface area contributed by atoms with Gasteiger partial charge in [0.15, 0.2) is 5.78 Å². The van der Waals surface area contributed by atoms with Crippen LogP contribution in [0.15, 0.2) is 30.9 Å². The van der Waals surface area contributed by atoms with Gasteiger partial charge in [-0.15, -0.1) is 6.58 Å². The first-order chi connectivity index (χ1) is 8.65. The average Bonchev–Trinajstić information content (AvgIpc) is 2.37. The normalized spacial score (nSPS) is 9.94. The van der Waals surface area contributed by atoms with Crippen LogP contribution in [0.4, 0.5) is 5.69 Å². The molecule has 18 heavy (non-hydrogen) atoms. The Hall–Kier alpha value is -1.81. The first-order valence-electron chi connectivity index (χ1n) is 5.80. The summed E-state index contributed by atoms with van der Waals surface area (Å²) in [5.74, 6) is 0.487. The summed E-state index contributed by atoms with van der Waals surface area (Å²) in [6.07, 6.45) is 1.74. The molecule has 0 atom stereocenters. The van der Waals surface area contributed by atoms with Crippen molar-refractivity contribution < 1.29 is 14.6 Å². The molecule has 0 bridgehead atoms. The van der Waals surface area contributed by atoms with E-state index >= 15 is 0 Å². The van der Waals surface area contributed by atoms with Crippen LogP contribution >= 0.6 is 0 Å². The highest BCUT2D eigenvalue weighted by molar-refractivity contribution is 6.02. The fraction of sp³-hybridized carbons (Fsp3) is 0.357. The second kappa shape index (κ2) is 6.81. The average molecular weight is 249 g/mol. The lowest BCUT2D eigenvalue weighted by atomic mass is 10.1. The standard InChI is InChI=1S/C14H19NO3/c1-4-8-15(9-10-16)12-6-5-7-13(18-3)14(12)11(2)17/h4-7,16H,1,8-10H2,2-3H3. The largest absolute Gasteiger partial charge is 0.496 e. The smallest absolute Gasteiger partial charge is 0.165 e. The summed E-state index contributed by atoms with van der Waals surface area (Å²) in [7, 11) is 1.54. The van der Waals surface area contributed by atoms with Crippen LogP contribution in [0.2, 0.25) is 0 Å². The van der Waals surface area contributed by atoms with Crippen LogP contribution in [0.3, 0.4) is 0 Å². The molecule has 0 saturated heterocycles. The number of hydrogen-bond acceptors (Lipinski definition) is 4. The number of carbonyl (C=O) groups is 1. The van der Waals surface area contributed by atoms with E-state index < -0.39 is 0 Å². The van der Waals surface area contributed by atoms with Gasteiger partial charge < -0.3 is 14.7 Å². The number of carbonyl (C=O) groups excluding carboxylic acids is 1. The zero-order valence-electron chi connectivity index (χ0n) is 10.8. The van der Waals surface area contributed by atoms with Crippen LogP contribution in [0.1, 0.15) is 17.3 Å². The number of ether oxygens (including phenoxy) is 1. The van der Waals surface area contributed by atoms with Gasteiger partial charge in [0.2, 0.25) is 0 Å². The van der Waals surface area contributed by atoms with Gasteiger partial charge in [-0.05, 0) is 19.1 Å². The van der Waals surface area contributed by atoms with E-state index in [4.69, 9.17) is 9.84 Å². The van der Waals surface area contributed by atoms with Gasteiger partial charge in [0.05, 0.1) is 25.0 Å². The number of Topliss-reactive ketones (excluding diaryl/α,β-unsaturated/α-hetero) is 1. The Morgan fingerprint density at radius 1 is 1.56 bits per heavy atom. The summed E-state index contributed by atoms with van der Waals surface area (Å²) >= 11 is 0. The molecular formula is C14H19NO3. The number of hydrogen-bond donors (Lipinski definition) is 1. The van der Waals surface area contributed by atoms with Gasteiger partial charge in [-0.2, -0.15) is 0 Å². The van der Waals surface area contributed by atoms with Gasteiger partial charge in [0.25, 0.3) is 0 Å². The van der Waals surface area contributed by atoms with E-state index in [1.807, 2.05) is 17.0 Å². The molecule has 1 aromatic carbocycles. The summed E-state index contributed by atoms with van der Waals surface area (Å²) in [6, 6.07) is 5.43. The molecular weight excluding hydrogens is 230 g/mol. The second-order valence-electron chi connectivity index (χ2n) is 3.87. The lowest BCUT2D eigenvalue weighted by molar-refractivity contribution is 0.101. The number of rotatable bonds is 7. The molecule has 0 amide bonds. The molecule has 0 aliphatic carbocycles. The van der Waals surface area contributed by atoms with Gasteiger partial charge in [-0.1, -0.05) is 12.1 Å². The maximum absolute atomic E-state index is 11.8. The summed E-state index contributed by atoms with van der Waals surface area (Å²) in [5.41, 5.74) is 1.30. The van der Waals surface area contributed by atoms with Crippen LogP contribution in [-0.4, -0.2) is 37.7 Å². The molecule has 0 aromatic heterocycles.